The predicted octanol–water partition coefficient (Wildman–Crippen LogP) is 3.65. The fourth-order valence-electron chi connectivity index (χ4n) is 2.04. The number of aliphatic imine (C=N–C) groups is 1. The van der Waals surface area contributed by atoms with Gasteiger partial charge in [-0.05, 0) is 38.0 Å². The zero-order valence-electron chi connectivity index (χ0n) is 13.6. The van der Waals surface area contributed by atoms with Crippen molar-refractivity contribution < 1.29 is 8.78 Å². The highest BCUT2D eigenvalue weighted by atomic mass is 127. The molecule has 2 aromatic rings. The summed E-state index contributed by atoms with van der Waals surface area (Å²) in [4.78, 5) is 9.88. The quantitative estimate of drug-likeness (QED) is 0.389. The molecule has 0 aliphatic carbocycles. The lowest BCUT2D eigenvalue weighted by molar-refractivity contribution is 0.579. The van der Waals surface area contributed by atoms with Gasteiger partial charge in [-0.3, -0.25) is 0 Å². The normalized spacial score (nSPS) is 11.1. The van der Waals surface area contributed by atoms with Crippen molar-refractivity contribution in [2.45, 2.75) is 26.8 Å². The summed E-state index contributed by atoms with van der Waals surface area (Å²) < 4.78 is 26.3. The lowest BCUT2D eigenvalue weighted by Gasteiger charge is -2.11. The van der Waals surface area contributed by atoms with Crippen molar-refractivity contribution in [1.82, 2.24) is 15.6 Å². The Kier molecular flexibility index (Phi) is 9.12. The molecule has 4 nitrogen and oxygen atoms in total. The number of hydrogen-bond donors (Lipinski definition) is 2. The molecule has 0 aliphatic rings. The number of guanidine groups is 1. The highest BCUT2D eigenvalue weighted by molar-refractivity contribution is 14.0. The number of nitrogens with zero attached hydrogens (tertiary/aromatic N) is 2. The predicted molar refractivity (Wildman–Crippen MR) is 105 cm³/mol. The first kappa shape index (κ1) is 20.8. The first-order valence-corrected chi connectivity index (χ1v) is 8.27. The average Bonchev–Trinajstić information content (AvgIpc) is 2.89. The van der Waals surface area contributed by atoms with Crippen molar-refractivity contribution in [2.24, 2.45) is 4.99 Å². The Morgan fingerprint density at radius 2 is 1.92 bits per heavy atom. The lowest BCUT2D eigenvalue weighted by atomic mass is 10.1. The summed E-state index contributed by atoms with van der Waals surface area (Å²) in [5.74, 6) is -0.448. The van der Waals surface area contributed by atoms with Crippen LogP contribution in [0.2, 0.25) is 0 Å². The summed E-state index contributed by atoms with van der Waals surface area (Å²) in [5.41, 5.74) is 0.612. The average molecular weight is 466 g/mol. The Labute approximate surface area is 161 Å². The van der Waals surface area contributed by atoms with E-state index in [-0.39, 0.29) is 24.0 Å². The third-order valence-electron chi connectivity index (χ3n) is 3.01. The fraction of sp³-hybridized carbons (Fsp3) is 0.375. The van der Waals surface area contributed by atoms with E-state index in [1.165, 1.54) is 12.1 Å². The Balaban J connectivity index is 0.00000288. The summed E-state index contributed by atoms with van der Waals surface area (Å²) in [7, 11) is 0. The minimum Gasteiger partial charge on any atom is -0.357 e. The zero-order chi connectivity index (χ0) is 16.7. The van der Waals surface area contributed by atoms with E-state index in [9.17, 15) is 8.78 Å². The molecular formula is C16H21F2IN4S. The molecule has 1 heterocycles. The molecule has 0 aliphatic heterocycles. The number of rotatable bonds is 6. The maximum atomic E-state index is 13.1. The molecule has 1 aromatic carbocycles. The molecule has 0 unspecified atom stereocenters. The molecule has 0 saturated carbocycles. The van der Waals surface area contributed by atoms with Gasteiger partial charge in [-0.1, -0.05) is 0 Å². The van der Waals surface area contributed by atoms with Crippen molar-refractivity contribution in [1.29, 1.82) is 0 Å². The Morgan fingerprint density at radius 1 is 1.21 bits per heavy atom. The molecule has 0 bridgehead atoms. The van der Waals surface area contributed by atoms with E-state index in [0.29, 0.717) is 31.0 Å². The van der Waals surface area contributed by atoms with Crippen LogP contribution in [-0.2, 0) is 13.0 Å². The van der Waals surface area contributed by atoms with E-state index in [1.54, 1.807) is 11.3 Å². The number of hydrogen-bond acceptors (Lipinski definition) is 3. The summed E-state index contributed by atoms with van der Waals surface area (Å²) in [6.45, 7) is 5.75. The van der Waals surface area contributed by atoms with E-state index in [2.05, 4.69) is 20.6 Å². The van der Waals surface area contributed by atoms with Crippen molar-refractivity contribution in [3.63, 3.8) is 0 Å². The minimum atomic E-state index is -0.556. The van der Waals surface area contributed by atoms with E-state index in [1.807, 2.05) is 20.0 Å². The van der Waals surface area contributed by atoms with Crippen LogP contribution in [0.5, 0.6) is 0 Å². The Bertz CT molecular complexity index is 656. The van der Waals surface area contributed by atoms with Gasteiger partial charge in [0.1, 0.15) is 16.6 Å². The smallest absolute Gasteiger partial charge is 0.191 e. The summed E-state index contributed by atoms with van der Waals surface area (Å²) in [6.07, 6.45) is 2.34. The SMILES string of the molecule is CCNC(=NCc1ncc(C)s1)NCCc1cc(F)cc(F)c1.I. The number of nitrogens with one attached hydrogen (secondary N) is 2. The molecule has 0 atom stereocenters. The highest BCUT2D eigenvalue weighted by Gasteiger charge is 2.03. The van der Waals surface area contributed by atoms with Gasteiger partial charge in [0.2, 0.25) is 0 Å². The Morgan fingerprint density at radius 3 is 2.50 bits per heavy atom. The van der Waals surface area contributed by atoms with Crippen LogP contribution < -0.4 is 10.6 Å². The molecule has 1 aromatic heterocycles. The second-order valence-corrected chi connectivity index (χ2v) is 6.33. The van der Waals surface area contributed by atoms with Gasteiger partial charge >= 0.3 is 0 Å². The molecule has 24 heavy (non-hydrogen) atoms. The molecule has 2 rings (SSSR count). The van der Waals surface area contributed by atoms with E-state index >= 15 is 0 Å². The largest absolute Gasteiger partial charge is 0.357 e. The molecule has 0 spiro atoms. The third-order valence-corrected chi connectivity index (χ3v) is 3.91. The number of thiazole rings is 1. The number of aromatic nitrogens is 1. The maximum absolute atomic E-state index is 13.1. The molecule has 8 heteroatoms. The Hall–Kier alpha value is -1.29. The van der Waals surface area contributed by atoms with Crippen molar-refractivity contribution in [3.8, 4) is 0 Å². The van der Waals surface area contributed by atoms with Gasteiger partial charge in [0, 0.05) is 30.2 Å². The summed E-state index contributed by atoms with van der Waals surface area (Å²) in [6, 6.07) is 3.55. The van der Waals surface area contributed by atoms with Gasteiger partial charge in [-0.25, -0.2) is 18.8 Å². The van der Waals surface area contributed by atoms with Crippen LogP contribution in [0.15, 0.2) is 29.4 Å². The standard InChI is InChI=1S/C16H20F2N4S.HI/c1-3-19-16(22-10-15-21-9-11(2)23-15)20-5-4-12-6-13(17)8-14(18)7-12;/h6-9H,3-5,10H2,1-2H3,(H2,19,20,22);1H. The van der Waals surface area contributed by atoms with E-state index in [4.69, 9.17) is 0 Å². The topological polar surface area (TPSA) is 49.3 Å². The van der Waals surface area contributed by atoms with Crippen LogP contribution in [0.4, 0.5) is 8.78 Å². The van der Waals surface area contributed by atoms with E-state index in [0.717, 1.165) is 22.5 Å². The summed E-state index contributed by atoms with van der Waals surface area (Å²) >= 11 is 1.61. The zero-order valence-corrected chi connectivity index (χ0v) is 16.8. The number of aryl methyl sites for hydroxylation is 1. The molecule has 0 fully saturated rings. The molecule has 132 valence electrons. The van der Waals surface area contributed by atoms with Crippen molar-refractivity contribution >= 4 is 41.3 Å². The van der Waals surface area contributed by atoms with E-state index < -0.39 is 11.6 Å². The summed E-state index contributed by atoms with van der Waals surface area (Å²) in [5, 5.41) is 7.24. The molecule has 0 radical (unpaired) electrons. The van der Waals surface area contributed by atoms with Gasteiger partial charge in [0.25, 0.3) is 0 Å². The molecule has 0 amide bonds. The van der Waals surface area contributed by atoms with Crippen LogP contribution in [0.25, 0.3) is 0 Å². The molecule has 0 saturated heterocycles. The van der Waals surface area contributed by atoms with Gasteiger partial charge in [0.05, 0.1) is 6.54 Å². The maximum Gasteiger partial charge on any atom is 0.191 e. The van der Waals surface area contributed by atoms with Gasteiger partial charge < -0.3 is 10.6 Å². The van der Waals surface area contributed by atoms with Crippen LogP contribution in [0.3, 0.4) is 0 Å². The minimum absolute atomic E-state index is 0. The lowest BCUT2D eigenvalue weighted by Crippen LogP contribution is -2.38. The second-order valence-electron chi connectivity index (χ2n) is 5.01. The van der Waals surface area contributed by atoms with Gasteiger partial charge in [-0.15, -0.1) is 35.3 Å². The van der Waals surface area contributed by atoms with Crippen LogP contribution in [0, 0.1) is 18.6 Å². The van der Waals surface area contributed by atoms with Gasteiger partial charge in [0.15, 0.2) is 5.96 Å². The monoisotopic (exact) mass is 466 g/mol. The molecular weight excluding hydrogens is 445 g/mol. The first-order valence-electron chi connectivity index (χ1n) is 7.45. The number of halogens is 3. The van der Waals surface area contributed by atoms with Gasteiger partial charge in [-0.2, -0.15) is 0 Å². The molecule has 2 N–H and O–H groups in total. The van der Waals surface area contributed by atoms with Crippen LogP contribution in [0.1, 0.15) is 22.4 Å². The van der Waals surface area contributed by atoms with Crippen molar-refractivity contribution in [2.75, 3.05) is 13.1 Å². The third kappa shape index (κ3) is 7.08. The fourth-order valence-corrected chi connectivity index (χ4v) is 2.76. The van der Waals surface area contributed by atoms with Crippen molar-refractivity contribution in [3.05, 3.63) is 51.5 Å². The highest BCUT2D eigenvalue weighted by Crippen LogP contribution is 2.12. The number of benzene rings is 1. The van der Waals surface area contributed by atoms with Crippen LogP contribution >= 0.6 is 35.3 Å². The first-order chi connectivity index (χ1) is 11.1. The second kappa shape index (κ2) is 10.5. The van der Waals surface area contributed by atoms with Crippen LogP contribution in [-0.4, -0.2) is 24.0 Å².